The molecule has 1 unspecified atom stereocenters. The number of nitrogens with zero attached hydrogens (tertiary/aromatic N) is 3. The molecule has 1 saturated heterocycles. The number of fused-ring (bicyclic) bond motifs is 1. The molecule has 0 spiro atoms. The van der Waals surface area contributed by atoms with E-state index in [0.29, 0.717) is 16.7 Å². The summed E-state index contributed by atoms with van der Waals surface area (Å²) >= 11 is 0. The van der Waals surface area contributed by atoms with Crippen molar-refractivity contribution in [2.45, 2.75) is 44.6 Å². The first-order valence-corrected chi connectivity index (χ1v) is 9.32. The lowest BCUT2D eigenvalue weighted by molar-refractivity contribution is -0.141. The molecule has 0 bridgehead atoms. The maximum Gasteiger partial charge on any atom is 0.408 e. The van der Waals surface area contributed by atoms with Gasteiger partial charge in [-0.1, -0.05) is 18.6 Å². The highest BCUT2D eigenvalue weighted by Crippen LogP contribution is 2.29. The smallest absolute Gasteiger partial charge is 0.408 e. The summed E-state index contributed by atoms with van der Waals surface area (Å²) in [5, 5.41) is 7.98. The van der Waals surface area contributed by atoms with Crippen molar-refractivity contribution < 1.29 is 17.9 Å². The van der Waals surface area contributed by atoms with Crippen LogP contribution in [-0.2, 0) is 13.2 Å². The van der Waals surface area contributed by atoms with Gasteiger partial charge in [0.1, 0.15) is 18.9 Å². The second-order valence-corrected chi connectivity index (χ2v) is 6.99. The van der Waals surface area contributed by atoms with Gasteiger partial charge in [-0.05, 0) is 43.1 Å². The third-order valence-corrected chi connectivity index (χ3v) is 4.87. The number of pyridine rings is 1. The van der Waals surface area contributed by atoms with E-state index < -0.39 is 12.7 Å². The number of rotatable bonds is 5. The van der Waals surface area contributed by atoms with Crippen LogP contribution in [0, 0.1) is 0 Å². The van der Waals surface area contributed by atoms with E-state index in [-0.39, 0.29) is 12.6 Å². The predicted octanol–water partition coefficient (Wildman–Crippen LogP) is 4.39. The van der Waals surface area contributed by atoms with Gasteiger partial charge in [0.2, 0.25) is 0 Å². The second kappa shape index (κ2) is 7.79. The van der Waals surface area contributed by atoms with E-state index in [0.717, 1.165) is 41.7 Å². The van der Waals surface area contributed by atoms with Crippen LogP contribution >= 0.6 is 0 Å². The van der Waals surface area contributed by atoms with E-state index in [1.54, 1.807) is 18.3 Å². The Hall–Kier alpha value is -2.61. The maximum atomic E-state index is 12.7. The highest BCUT2D eigenvalue weighted by molar-refractivity contribution is 5.79. The van der Waals surface area contributed by atoms with Crippen LogP contribution in [0.2, 0.25) is 0 Å². The molecular weight excluding hydrogens is 369 g/mol. The Morgan fingerprint density at radius 2 is 2.11 bits per heavy atom. The third-order valence-electron chi connectivity index (χ3n) is 4.87. The SMILES string of the molecule is FC(F)(F)Cn1ncc2ccc(COc3cccnc3C3CCCCN3)cc21. The van der Waals surface area contributed by atoms with Crippen LogP contribution in [0.15, 0.2) is 42.7 Å². The van der Waals surface area contributed by atoms with Crippen LogP contribution in [0.4, 0.5) is 13.2 Å². The van der Waals surface area contributed by atoms with Gasteiger partial charge in [-0.2, -0.15) is 18.3 Å². The molecular formula is C20H21F3N4O. The van der Waals surface area contributed by atoms with Crippen LogP contribution in [0.3, 0.4) is 0 Å². The van der Waals surface area contributed by atoms with Crippen molar-refractivity contribution in [1.82, 2.24) is 20.1 Å². The van der Waals surface area contributed by atoms with Crippen molar-refractivity contribution in [3.8, 4) is 5.75 Å². The summed E-state index contributed by atoms with van der Waals surface area (Å²) in [4.78, 5) is 4.48. The second-order valence-electron chi connectivity index (χ2n) is 6.99. The molecule has 8 heteroatoms. The molecule has 3 heterocycles. The van der Waals surface area contributed by atoms with Gasteiger partial charge in [-0.3, -0.25) is 9.67 Å². The number of hydrogen-bond donors (Lipinski definition) is 1. The van der Waals surface area contributed by atoms with Crippen molar-refractivity contribution >= 4 is 10.9 Å². The standard InChI is InChI=1S/C20H21F3N4O/c21-20(22,23)13-27-17-10-14(6-7-15(17)11-26-27)12-28-18-5-3-9-25-19(18)16-4-1-2-8-24-16/h3,5-7,9-11,16,24H,1-2,4,8,12-13H2. The number of benzene rings is 1. The number of hydrogen-bond acceptors (Lipinski definition) is 4. The molecule has 1 aliphatic rings. The summed E-state index contributed by atoms with van der Waals surface area (Å²) in [6.45, 7) is 0.0972. The van der Waals surface area contributed by atoms with Crippen molar-refractivity contribution in [2.75, 3.05) is 6.54 Å². The largest absolute Gasteiger partial charge is 0.487 e. The van der Waals surface area contributed by atoms with Gasteiger partial charge >= 0.3 is 6.18 Å². The number of nitrogens with one attached hydrogen (secondary N) is 1. The van der Waals surface area contributed by atoms with Crippen molar-refractivity contribution in [2.24, 2.45) is 0 Å². The zero-order chi connectivity index (χ0) is 19.6. The molecule has 0 radical (unpaired) electrons. The van der Waals surface area contributed by atoms with E-state index in [1.807, 2.05) is 18.2 Å². The van der Waals surface area contributed by atoms with E-state index >= 15 is 0 Å². The highest BCUT2D eigenvalue weighted by atomic mass is 19.4. The fourth-order valence-electron chi connectivity index (χ4n) is 3.53. The lowest BCUT2D eigenvalue weighted by Crippen LogP contribution is -2.27. The minimum absolute atomic E-state index is 0.167. The van der Waals surface area contributed by atoms with E-state index in [9.17, 15) is 13.2 Å². The van der Waals surface area contributed by atoms with E-state index in [1.165, 1.54) is 6.20 Å². The Labute approximate surface area is 160 Å². The minimum Gasteiger partial charge on any atom is -0.487 e. The molecule has 3 aromatic rings. The zero-order valence-electron chi connectivity index (χ0n) is 15.2. The molecule has 1 atom stereocenters. The molecule has 0 aliphatic carbocycles. The minimum atomic E-state index is -4.32. The predicted molar refractivity (Wildman–Crippen MR) is 99.0 cm³/mol. The van der Waals surface area contributed by atoms with Crippen molar-refractivity contribution in [3.05, 3.63) is 54.0 Å². The Balaban J connectivity index is 1.52. The Morgan fingerprint density at radius 1 is 1.21 bits per heavy atom. The van der Waals surface area contributed by atoms with Crippen LogP contribution in [0.5, 0.6) is 5.75 Å². The van der Waals surface area contributed by atoms with Crippen molar-refractivity contribution in [1.29, 1.82) is 0 Å². The summed E-state index contributed by atoms with van der Waals surface area (Å²) in [6, 6.07) is 9.18. The average molecular weight is 390 g/mol. The fourth-order valence-corrected chi connectivity index (χ4v) is 3.53. The van der Waals surface area contributed by atoms with Gasteiger partial charge in [-0.15, -0.1) is 0 Å². The van der Waals surface area contributed by atoms with Gasteiger partial charge in [0.25, 0.3) is 0 Å². The van der Waals surface area contributed by atoms with Gasteiger partial charge in [0.15, 0.2) is 0 Å². The first-order chi connectivity index (χ1) is 13.5. The average Bonchev–Trinajstić information content (AvgIpc) is 3.08. The monoisotopic (exact) mass is 390 g/mol. The van der Waals surface area contributed by atoms with Gasteiger partial charge in [0, 0.05) is 11.6 Å². The van der Waals surface area contributed by atoms with Crippen molar-refractivity contribution in [3.63, 3.8) is 0 Å². The number of alkyl halides is 3. The zero-order valence-corrected chi connectivity index (χ0v) is 15.2. The first kappa shape index (κ1) is 18.7. The Morgan fingerprint density at radius 3 is 2.89 bits per heavy atom. The topological polar surface area (TPSA) is 52.0 Å². The summed E-state index contributed by atoms with van der Waals surface area (Å²) in [5.41, 5.74) is 2.10. The highest BCUT2D eigenvalue weighted by Gasteiger charge is 2.29. The molecule has 5 nitrogen and oxygen atoms in total. The van der Waals surface area contributed by atoms with Gasteiger partial charge < -0.3 is 10.1 Å². The Kier molecular flexibility index (Phi) is 5.21. The summed E-state index contributed by atoms with van der Waals surface area (Å²) in [6.07, 6.45) is 2.19. The molecule has 0 saturated carbocycles. The number of halogens is 3. The molecule has 2 aromatic heterocycles. The maximum absolute atomic E-state index is 12.7. The molecule has 0 amide bonds. The summed E-state index contributed by atoms with van der Waals surface area (Å²) < 4.78 is 45.2. The van der Waals surface area contributed by atoms with Gasteiger partial charge in [-0.25, -0.2) is 0 Å². The molecule has 1 N–H and O–H groups in total. The normalized spacial score (nSPS) is 17.8. The molecule has 28 heavy (non-hydrogen) atoms. The number of ether oxygens (including phenoxy) is 1. The van der Waals surface area contributed by atoms with Gasteiger partial charge in [0.05, 0.1) is 23.4 Å². The summed E-state index contributed by atoms with van der Waals surface area (Å²) in [7, 11) is 0. The van der Waals surface area contributed by atoms with E-state index in [4.69, 9.17) is 4.74 Å². The Bertz CT molecular complexity index is 948. The summed E-state index contributed by atoms with van der Waals surface area (Å²) in [5.74, 6) is 0.700. The number of piperidine rings is 1. The molecule has 1 aliphatic heterocycles. The van der Waals surface area contributed by atoms with Crippen LogP contribution in [-0.4, -0.2) is 27.5 Å². The lowest BCUT2D eigenvalue weighted by Gasteiger charge is -2.24. The third kappa shape index (κ3) is 4.27. The van der Waals surface area contributed by atoms with E-state index in [2.05, 4.69) is 15.4 Å². The molecule has 148 valence electrons. The van der Waals surface area contributed by atoms with Crippen LogP contribution < -0.4 is 10.1 Å². The fraction of sp³-hybridized carbons (Fsp3) is 0.400. The quantitative estimate of drug-likeness (QED) is 0.702. The molecule has 1 fully saturated rings. The lowest BCUT2D eigenvalue weighted by atomic mass is 10.0. The number of aromatic nitrogens is 3. The molecule has 1 aromatic carbocycles. The molecule has 4 rings (SSSR count). The van der Waals surface area contributed by atoms with Crippen LogP contribution in [0.25, 0.3) is 10.9 Å². The first-order valence-electron chi connectivity index (χ1n) is 9.32. The van der Waals surface area contributed by atoms with Crippen LogP contribution in [0.1, 0.15) is 36.6 Å².